The quantitative estimate of drug-likeness (QED) is 0.681. The van der Waals surface area contributed by atoms with E-state index in [4.69, 9.17) is 5.11 Å². The molecule has 0 atom stereocenters. The van der Waals surface area contributed by atoms with E-state index < -0.39 is 5.97 Å². The van der Waals surface area contributed by atoms with Crippen LogP contribution in [0.1, 0.15) is 19.8 Å². The van der Waals surface area contributed by atoms with Gasteiger partial charge in [0.15, 0.2) is 0 Å². The number of carbonyl (C=O) groups is 1. The fourth-order valence-corrected chi connectivity index (χ4v) is 1.93. The molecule has 0 unspecified atom stereocenters. The number of rotatable bonds is 3. The Kier molecular flexibility index (Phi) is 2.38. The van der Waals surface area contributed by atoms with Gasteiger partial charge in [0.2, 0.25) is 0 Å². The number of allylic oxidation sites excluding steroid dienone is 1. The van der Waals surface area contributed by atoms with E-state index in [-0.39, 0.29) is 0 Å². The molecular weight excluding hydrogens is 148 g/mol. The van der Waals surface area contributed by atoms with Crippen LogP contribution < -0.4 is 0 Å². The summed E-state index contributed by atoms with van der Waals surface area (Å²) in [7, 11) is 0. The number of thioether (sulfide) groups is 1. The summed E-state index contributed by atoms with van der Waals surface area (Å²) >= 11 is 1.67. The largest absolute Gasteiger partial charge is 0.478 e. The monoisotopic (exact) mass is 158 g/mol. The van der Waals surface area contributed by atoms with E-state index in [9.17, 15) is 4.79 Å². The lowest BCUT2D eigenvalue weighted by atomic mass is 10.2. The molecule has 0 aromatic heterocycles. The van der Waals surface area contributed by atoms with E-state index in [2.05, 4.69) is 6.92 Å². The van der Waals surface area contributed by atoms with Gasteiger partial charge >= 0.3 is 5.97 Å². The Morgan fingerprint density at radius 2 is 2.50 bits per heavy atom. The van der Waals surface area contributed by atoms with Crippen molar-refractivity contribution < 1.29 is 9.90 Å². The minimum Gasteiger partial charge on any atom is -0.478 e. The topological polar surface area (TPSA) is 37.3 Å². The van der Waals surface area contributed by atoms with Crippen molar-refractivity contribution in [1.82, 2.24) is 0 Å². The molecule has 10 heavy (non-hydrogen) atoms. The predicted molar refractivity (Wildman–Crippen MR) is 42.0 cm³/mol. The third-order valence-electron chi connectivity index (χ3n) is 1.46. The summed E-state index contributed by atoms with van der Waals surface area (Å²) in [5.74, 6) is -0.0350. The van der Waals surface area contributed by atoms with Crippen LogP contribution in [-0.4, -0.2) is 16.8 Å². The molecule has 0 saturated carbocycles. The smallest absolute Gasteiger partial charge is 0.333 e. The number of aliphatic carboxylic acids is 1. The standard InChI is InChI=1S/C7H10O2S/c1-2-3-6-5(4-10-6)7(8)9/h2-4H2,1H3,(H,8,9). The zero-order chi connectivity index (χ0) is 7.56. The van der Waals surface area contributed by atoms with Gasteiger partial charge in [-0.3, -0.25) is 0 Å². The second-order valence-electron chi connectivity index (χ2n) is 2.25. The highest BCUT2D eigenvalue weighted by Crippen LogP contribution is 2.36. The van der Waals surface area contributed by atoms with Gasteiger partial charge in [0.05, 0.1) is 5.57 Å². The summed E-state index contributed by atoms with van der Waals surface area (Å²) in [6.45, 7) is 2.06. The van der Waals surface area contributed by atoms with Crippen LogP contribution in [0.2, 0.25) is 0 Å². The first-order chi connectivity index (χ1) is 4.75. The minimum atomic E-state index is -0.734. The Labute approximate surface area is 64.3 Å². The maximum absolute atomic E-state index is 10.4. The molecule has 1 aliphatic heterocycles. The molecule has 0 spiro atoms. The van der Waals surface area contributed by atoms with E-state index in [1.807, 2.05) is 0 Å². The van der Waals surface area contributed by atoms with Gasteiger partial charge in [0, 0.05) is 5.75 Å². The number of hydrogen-bond acceptors (Lipinski definition) is 2. The van der Waals surface area contributed by atoms with Crippen molar-refractivity contribution >= 4 is 17.7 Å². The molecule has 0 fully saturated rings. The molecule has 1 N–H and O–H groups in total. The molecule has 0 aromatic rings. The van der Waals surface area contributed by atoms with Crippen molar-refractivity contribution in [2.24, 2.45) is 0 Å². The first-order valence-corrected chi connectivity index (χ1v) is 4.32. The van der Waals surface area contributed by atoms with Gasteiger partial charge in [-0.25, -0.2) is 4.79 Å². The van der Waals surface area contributed by atoms with Crippen LogP contribution in [0.15, 0.2) is 10.5 Å². The van der Waals surface area contributed by atoms with Crippen molar-refractivity contribution in [3.63, 3.8) is 0 Å². The van der Waals surface area contributed by atoms with E-state index in [1.54, 1.807) is 11.8 Å². The summed E-state index contributed by atoms with van der Waals surface area (Å²) in [4.78, 5) is 11.5. The third kappa shape index (κ3) is 1.34. The first-order valence-electron chi connectivity index (χ1n) is 3.33. The predicted octanol–water partition coefficient (Wildman–Crippen LogP) is 1.87. The van der Waals surface area contributed by atoms with Gasteiger partial charge in [0.25, 0.3) is 0 Å². The molecule has 2 nitrogen and oxygen atoms in total. The SMILES string of the molecule is CCCC1=C(C(=O)O)CS1. The fraction of sp³-hybridized carbons (Fsp3) is 0.571. The molecule has 56 valence electrons. The summed E-state index contributed by atoms with van der Waals surface area (Å²) < 4.78 is 0. The fourth-order valence-electron chi connectivity index (χ4n) is 0.878. The van der Waals surface area contributed by atoms with Crippen LogP contribution in [0.25, 0.3) is 0 Å². The molecule has 0 amide bonds. The van der Waals surface area contributed by atoms with Crippen LogP contribution in [0.5, 0.6) is 0 Å². The zero-order valence-corrected chi connectivity index (χ0v) is 6.70. The second kappa shape index (κ2) is 3.10. The summed E-state index contributed by atoms with van der Waals surface area (Å²) in [6.07, 6.45) is 1.98. The van der Waals surface area contributed by atoms with Gasteiger partial charge in [-0.2, -0.15) is 0 Å². The summed E-state index contributed by atoms with van der Waals surface area (Å²) in [6, 6.07) is 0. The van der Waals surface area contributed by atoms with Crippen LogP contribution in [-0.2, 0) is 4.79 Å². The maximum atomic E-state index is 10.4. The molecule has 0 bridgehead atoms. The van der Waals surface area contributed by atoms with Crippen LogP contribution in [0, 0.1) is 0 Å². The highest BCUT2D eigenvalue weighted by Gasteiger charge is 2.22. The number of carboxylic acids is 1. The van der Waals surface area contributed by atoms with Crippen molar-refractivity contribution in [2.75, 3.05) is 5.75 Å². The third-order valence-corrected chi connectivity index (χ3v) is 2.69. The highest BCUT2D eigenvalue weighted by molar-refractivity contribution is 8.04. The molecule has 1 aliphatic rings. The Balaban J connectivity index is 2.58. The average Bonchev–Trinajstić information content (AvgIpc) is 1.78. The van der Waals surface area contributed by atoms with Crippen LogP contribution >= 0.6 is 11.8 Å². The maximum Gasteiger partial charge on any atom is 0.333 e. The van der Waals surface area contributed by atoms with E-state index in [0.717, 1.165) is 17.7 Å². The zero-order valence-electron chi connectivity index (χ0n) is 5.89. The minimum absolute atomic E-state index is 0.631. The van der Waals surface area contributed by atoms with Gasteiger partial charge in [0.1, 0.15) is 0 Å². The molecule has 0 aliphatic carbocycles. The first kappa shape index (κ1) is 7.66. The second-order valence-corrected chi connectivity index (χ2v) is 3.32. The van der Waals surface area contributed by atoms with Crippen molar-refractivity contribution in [3.8, 4) is 0 Å². The Bertz CT molecular complexity index is 184. The lowest BCUT2D eigenvalue weighted by molar-refractivity contribution is -0.132. The average molecular weight is 158 g/mol. The molecule has 3 heteroatoms. The lowest BCUT2D eigenvalue weighted by Gasteiger charge is -2.18. The number of carboxylic acid groups (broad SMARTS) is 1. The van der Waals surface area contributed by atoms with Crippen molar-refractivity contribution in [3.05, 3.63) is 10.5 Å². The van der Waals surface area contributed by atoms with E-state index in [1.165, 1.54) is 0 Å². The highest BCUT2D eigenvalue weighted by atomic mass is 32.2. The van der Waals surface area contributed by atoms with Gasteiger partial charge in [-0.05, 0) is 11.3 Å². The van der Waals surface area contributed by atoms with Gasteiger partial charge in [-0.15, -0.1) is 11.8 Å². The van der Waals surface area contributed by atoms with Crippen LogP contribution in [0.3, 0.4) is 0 Å². The molecule has 0 radical (unpaired) electrons. The Morgan fingerprint density at radius 1 is 1.80 bits per heavy atom. The van der Waals surface area contributed by atoms with Crippen molar-refractivity contribution in [1.29, 1.82) is 0 Å². The van der Waals surface area contributed by atoms with Gasteiger partial charge < -0.3 is 5.11 Å². The lowest BCUT2D eigenvalue weighted by Crippen LogP contribution is -2.13. The Morgan fingerprint density at radius 3 is 2.80 bits per heavy atom. The summed E-state index contributed by atoms with van der Waals surface area (Å²) in [5.41, 5.74) is 0.631. The van der Waals surface area contributed by atoms with Crippen molar-refractivity contribution in [2.45, 2.75) is 19.8 Å². The van der Waals surface area contributed by atoms with Gasteiger partial charge in [-0.1, -0.05) is 13.3 Å². The number of hydrogen-bond donors (Lipinski definition) is 1. The molecule has 0 aromatic carbocycles. The van der Waals surface area contributed by atoms with Crippen LogP contribution in [0.4, 0.5) is 0 Å². The Hall–Kier alpha value is -0.440. The summed E-state index contributed by atoms with van der Waals surface area (Å²) in [5, 5.41) is 8.56. The normalized spacial score (nSPS) is 16.9. The molecule has 0 saturated heterocycles. The molecular formula is C7H10O2S. The molecule has 1 rings (SSSR count). The van der Waals surface area contributed by atoms with E-state index in [0.29, 0.717) is 11.3 Å². The molecule has 1 heterocycles. The van der Waals surface area contributed by atoms with E-state index >= 15 is 0 Å².